The third-order valence-corrected chi connectivity index (χ3v) is 1.02. The lowest BCUT2D eigenvalue weighted by atomic mass is 10.3. The van der Waals surface area contributed by atoms with E-state index >= 15 is 0 Å². The molecule has 72 valence electrons. The summed E-state index contributed by atoms with van der Waals surface area (Å²) in [5.41, 5.74) is -0.421. The summed E-state index contributed by atoms with van der Waals surface area (Å²) in [5, 5.41) is 18.7. The summed E-state index contributed by atoms with van der Waals surface area (Å²) in [6.45, 7) is 1.14. The largest absolute Gasteiger partial charge is 0.481 e. The highest BCUT2D eigenvalue weighted by atomic mass is 16.4. The zero-order valence-electron chi connectivity index (χ0n) is 6.90. The lowest BCUT2D eigenvalue weighted by Gasteiger charge is -2.00. The van der Waals surface area contributed by atoms with Crippen LogP contribution in [0.2, 0.25) is 0 Å². The molecule has 0 aliphatic heterocycles. The van der Waals surface area contributed by atoms with Crippen LogP contribution in [0.15, 0.2) is 11.8 Å². The number of carbonyl (C=O) groups is 3. The average molecular weight is 187 g/mol. The van der Waals surface area contributed by atoms with Crippen molar-refractivity contribution < 1.29 is 24.6 Å². The van der Waals surface area contributed by atoms with Gasteiger partial charge in [-0.15, -0.1) is 0 Å². The summed E-state index contributed by atoms with van der Waals surface area (Å²) in [6, 6.07) is 0. The van der Waals surface area contributed by atoms with Gasteiger partial charge in [0, 0.05) is 6.92 Å². The van der Waals surface area contributed by atoms with Crippen molar-refractivity contribution in [2.24, 2.45) is 0 Å². The number of hydrogen-bond acceptors (Lipinski definition) is 3. The fraction of sp³-hybridized carbons (Fsp3) is 0.286. The maximum atomic E-state index is 10.4. The van der Waals surface area contributed by atoms with Crippen LogP contribution in [0.25, 0.3) is 0 Å². The van der Waals surface area contributed by atoms with Crippen LogP contribution in [0.5, 0.6) is 0 Å². The number of aliphatic carboxylic acids is 2. The van der Waals surface area contributed by atoms with Crippen molar-refractivity contribution >= 4 is 17.8 Å². The Bertz CT molecular complexity index is 268. The Hall–Kier alpha value is -1.85. The molecule has 0 aliphatic carbocycles. The fourth-order valence-corrected chi connectivity index (χ4v) is 0.571. The molecular formula is C7H9NO5. The topological polar surface area (TPSA) is 104 Å². The summed E-state index contributed by atoms with van der Waals surface area (Å²) in [6.07, 6.45) is 0.480. The van der Waals surface area contributed by atoms with E-state index in [9.17, 15) is 14.4 Å². The molecule has 0 aliphatic rings. The zero-order valence-corrected chi connectivity index (χ0v) is 6.90. The van der Waals surface area contributed by atoms with Gasteiger partial charge in [0.1, 0.15) is 5.70 Å². The minimum atomic E-state index is -1.36. The lowest BCUT2D eigenvalue weighted by molar-refractivity contribution is -0.136. The number of carboxylic acid groups (broad SMARTS) is 2. The Morgan fingerprint density at radius 3 is 2.15 bits per heavy atom. The van der Waals surface area contributed by atoms with E-state index in [1.807, 2.05) is 5.32 Å². The molecule has 0 fully saturated rings. The normalized spacial score (nSPS) is 10.7. The average Bonchev–Trinajstić information content (AvgIpc) is 1.96. The molecule has 0 atom stereocenters. The quantitative estimate of drug-likeness (QED) is 0.518. The predicted molar refractivity (Wildman–Crippen MR) is 41.8 cm³/mol. The van der Waals surface area contributed by atoms with E-state index in [0.29, 0.717) is 0 Å². The Balaban J connectivity index is 4.41. The van der Waals surface area contributed by atoms with Gasteiger partial charge in [-0.1, -0.05) is 0 Å². The van der Waals surface area contributed by atoms with E-state index < -0.39 is 30.0 Å². The molecule has 0 saturated heterocycles. The van der Waals surface area contributed by atoms with Crippen LogP contribution >= 0.6 is 0 Å². The molecule has 0 heterocycles. The van der Waals surface area contributed by atoms with E-state index in [0.717, 1.165) is 13.0 Å². The first kappa shape index (κ1) is 11.2. The van der Waals surface area contributed by atoms with E-state index in [-0.39, 0.29) is 0 Å². The van der Waals surface area contributed by atoms with Crippen LogP contribution in [0, 0.1) is 0 Å². The molecule has 0 aromatic carbocycles. The van der Waals surface area contributed by atoms with Crippen LogP contribution in [-0.4, -0.2) is 28.1 Å². The van der Waals surface area contributed by atoms with E-state index in [1.54, 1.807) is 0 Å². The van der Waals surface area contributed by atoms with Crippen LogP contribution < -0.4 is 5.32 Å². The van der Waals surface area contributed by atoms with Crippen LogP contribution in [0.1, 0.15) is 13.3 Å². The van der Waals surface area contributed by atoms with Gasteiger partial charge in [0.2, 0.25) is 5.91 Å². The molecule has 0 aromatic heterocycles. The molecular weight excluding hydrogens is 178 g/mol. The third kappa shape index (κ3) is 5.42. The summed E-state index contributed by atoms with van der Waals surface area (Å²) in [5.74, 6) is -3.08. The number of amides is 1. The van der Waals surface area contributed by atoms with Gasteiger partial charge < -0.3 is 15.5 Å². The molecule has 0 radical (unpaired) electrons. The van der Waals surface area contributed by atoms with Gasteiger partial charge >= 0.3 is 11.9 Å². The number of hydrogen-bond donors (Lipinski definition) is 3. The van der Waals surface area contributed by atoms with Crippen molar-refractivity contribution in [3.63, 3.8) is 0 Å². The molecule has 1 amide bonds. The number of rotatable bonds is 4. The maximum absolute atomic E-state index is 10.4. The van der Waals surface area contributed by atoms with Crippen molar-refractivity contribution in [2.45, 2.75) is 13.3 Å². The summed E-state index contributed by atoms with van der Waals surface area (Å²) in [7, 11) is 0. The molecule has 0 unspecified atom stereocenters. The van der Waals surface area contributed by atoms with Crippen LogP contribution in [-0.2, 0) is 14.4 Å². The second-order valence-corrected chi connectivity index (χ2v) is 2.20. The van der Waals surface area contributed by atoms with E-state index in [2.05, 4.69) is 0 Å². The maximum Gasteiger partial charge on any atom is 0.352 e. The summed E-state index contributed by atoms with van der Waals surface area (Å²) < 4.78 is 0. The second-order valence-electron chi connectivity index (χ2n) is 2.20. The summed E-state index contributed by atoms with van der Waals surface area (Å²) in [4.78, 5) is 30.9. The van der Waals surface area contributed by atoms with Crippen LogP contribution in [0.3, 0.4) is 0 Å². The van der Waals surface area contributed by atoms with E-state index in [4.69, 9.17) is 10.2 Å². The molecule has 0 saturated carbocycles. The first-order valence-electron chi connectivity index (χ1n) is 3.36. The van der Waals surface area contributed by atoms with Crippen LogP contribution in [0.4, 0.5) is 0 Å². The van der Waals surface area contributed by atoms with Gasteiger partial charge in [-0.3, -0.25) is 9.59 Å². The standard InChI is InChI=1S/C7H9NO5/c1-4(9)8-5(7(12)13)2-3-6(10)11/h2H,3H2,1H3,(H,8,9)(H,10,11)(H,12,13)/b5-2+. The van der Waals surface area contributed by atoms with Crippen molar-refractivity contribution in [2.75, 3.05) is 0 Å². The predicted octanol–water partition coefficient (Wildman–Crippen LogP) is -0.434. The first-order chi connectivity index (χ1) is 5.93. The molecule has 6 heteroatoms. The van der Waals surface area contributed by atoms with Gasteiger partial charge in [0.25, 0.3) is 0 Å². The van der Waals surface area contributed by atoms with Crippen molar-refractivity contribution in [1.29, 1.82) is 0 Å². The molecule has 0 aromatic rings. The van der Waals surface area contributed by atoms with Crippen molar-refractivity contribution in [1.82, 2.24) is 5.32 Å². The number of carboxylic acids is 2. The van der Waals surface area contributed by atoms with Gasteiger partial charge in [-0.25, -0.2) is 4.79 Å². The molecule has 6 nitrogen and oxygen atoms in total. The minimum absolute atomic E-state index is 0.421. The first-order valence-corrected chi connectivity index (χ1v) is 3.36. The zero-order chi connectivity index (χ0) is 10.4. The Morgan fingerprint density at radius 2 is 1.85 bits per heavy atom. The Morgan fingerprint density at radius 1 is 1.31 bits per heavy atom. The Kier molecular flexibility index (Phi) is 4.21. The molecule has 0 bridgehead atoms. The monoisotopic (exact) mass is 187 g/mol. The van der Waals surface area contributed by atoms with Crippen molar-refractivity contribution in [3.05, 3.63) is 11.8 Å². The minimum Gasteiger partial charge on any atom is -0.481 e. The molecule has 0 rings (SSSR count). The Labute approximate surface area is 73.9 Å². The smallest absolute Gasteiger partial charge is 0.352 e. The lowest BCUT2D eigenvalue weighted by Crippen LogP contribution is -2.24. The third-order valence-electron chi connectivity index (χ3n) is 1.02. The second kappa shape index (κ2) is 4.91. The fourth-order valence-electron chi connectivity index (χ4n) is 0.571. The van der Waals surface area contributed by atoms with Gasteiger partial charge in [-0.2, -0.15) is 0 Å². The number of nitrogens with one attached hydrogen (secondary N) is 1. The molecule has 13 heavy (non-hydrogen) atoms. The van der Waals surface area contributed by atoms with Crippen molar-refractivity contribution in [3.8, 4) is 0 Å². The van der Waals surface area contributed by atoms with Gasteiger partial charge in [-0.05, 0) is 6.08 Å². The molecule has 3 N–H and O–H groups in total. The number of carbonyl (C=O) groups excluding carboxylic acids is 1. The van der Waals surface area contributed by atoms with E-state index in [1.165, 1.54) is 0 Å². The highest BCUT2D eigenvalue weighted by Gasteiger charge is 2.08. The van der Waals surface area contributed by atoms with Gasteiger partial charge in [0.15, 0.2) is 0 Å². The van der Waals surface area contributed by atoms with Gasteiger partial charge in [0.05, 0.1) is 6.42 Å². The SMILES string of the molecule is CC(=O)N/C(=C/CC(=O)O)C(=O)O. The molecule has 0 spiro atoms. The summed E-state index contributed by atoms with van der Waals surface area (Å²) >= 11 is 0. The highest BCUT2D eigenvalue weighted by Crippen LogP contribution is 1.93. The highest BCUT2D eigenvalue weighted by molar-refractivity contribution is 5.92.